The number of nitrogens with zero attached hydrogens (tertiary/aromatic N) is 3. The first kappa shape index (κ1) is 17.5. The third-order valence-electron chi connectivity index (χ3n) is 4.97. The molecule has 3 heterocycles. The molecule has 1 N–H and O–H groups in total. The maximum absolute atomic E-state index is 13.4. The number of fused-ring (bicyclic) bond motifs is 6. The van der Waals surface area contributed by atoms with Gasteiger partial charge in [0.1, 0.15) is 0 Å². The zero-order valence-electron chi connectivity index (χ0n) is 16.5. The van der Waals surface area contributed by atoms with Gasteiger partial charge in [-0.2, -0.15) is 0 Å². The lowest BCUT2D eigenvalue weighted by molar-refractivity contribution is 0.0923. The van der Waals surface area contributed by atoms with Crippen molar-refractivity contribution in [1.82, 2.24) is 20.3 Å². The summed E-state index contributed by atoms with van der Waals surface area (Å²) in [5.74, 6) is -0.125. The van der Waals surface area contributed by atoms with Gasteiger partial charge in [-0.25, -0.2) is 4.98 Å². The van der Waals surface area contributed by atoms with E-state index in [1.54, 1.807) is 12.4 Å². The van der Waals surface area contributed by atoms with Crippen molar-refractivity contribution >= 4 is 49.5 Å². The van der Waals surface area contributed by atoms with Crippen molar-refractivity contribution in [2.75, 3.05) is 0 Å². The predicted octanol–water partition coefficient (Wildman–Crippen LogP) is 5.01. The quantitative estimate of drug-likeness (QED) is 0.328. The van der Waals surface area contributed by atoms with Crippen LogP contribution in [0.2, 0.25) is 0 Å². The van der Waals surface area contributed by atoms with Crippen LogP contribution in [-0.2, 0) is 0 Å². The Morgan fingerprint density at radius 2 is 1.28 bits per heavy atom. The molecule has 5 nitrogen and oxygen atoms in total. The summed E-state index contributed by atoms with van der Waals surface area (Å²) in [5.41, 5.74) is 3.25. The molecule has 5 aromatic rings. The number of benzene rings is 2. The zero-order chi connectivity index (χ0) is 20.2. The molecule has 1 amide bonds. The van der Waals surface area contributed by atoms with Gasteiger partial charge >= 0.3 is 0 Å². The molecule has 0 bridgehead atoms. The Bertz CT molecular complexity index is 1340. The van der Waals surface area contributed by atoms with Gasteiger partial charge in [0.2, 0.25) is 0 Å². The Balaban J connectivity index is 1.99. The summed E-state index contributed by atoms with van der Waals surface area (Å²) in [4.78, 5) is 27.5. The van der Waals surface area contributed by atoms with Crippen LogP contribution in [0.4, 0.5) is 0 Å². The van der Waals surface area contributed by atoms with Crippen molar-refractivity contribution in [3.8, 4) is 0 Å². The van der Waals surface area contributed by atoms with Crippen LogP contribution in [0.3, 0.4) is 0 Å². The Kier molecular flexibility index (Phi) is 3.74. The third kappa shape index (κ3) is 2.86. The lowest BCUT2D eigenvalue weighted by Gasteiger charge is -2.22. The standard InChI is InChI=1S/C24H20N4O/c1-24(2,3)28-23(29)18-16-10-8-14-6-4-12-25-19(14)21(16)27-22-17(18)11-9-15-7-5-13-26-20(15)22/h4-13H,1-3H3,(H,28,29). The summed E-state index contributed by atoms with van der Waals surface area (Å²) in [6.45, 7) is 5.93. The highest BCUT2D eigenvalue weighted by Crippen LogP contribution is 2.33. The maximum Gasteiger partial charge on any atom is 0.253 e. The lowest BCUT2D eigenvalue weighted by Crippen LogP contribution is -2.40. The molecule has 3 aromatic heterocycles. The van der Waals surface area contributed by atoms with E-state index in [-0.39, 0.29) is 11.4 Å². The van der Waals surface area contributed by atoms with Crippen LogP contribution in [0.1, 0.15) is 31.1 Å². The van der Waals surface area contributed by atoms with Crippen molar-refractivity contribution in [2.45, 2.75) is 26.3 Å². The van der Waals surface area contributed by atoms with Crippen LogP contribution < -0.4 is 5.32 Å². The topological polar surface area (TPSA) is 67.8 Å². The van der Waals surface area contributed by atoms with Crippen molar-refractivity contribution < 1.29 is 4.79 Å². The average molecular weight is 380 g/mol. The summed E-state index contributed by atoms with van der Waals surface area (Å²) in [6, 6.07) is 15.7. The molecule has 0 aliphatic heterocycles. The van der Waals surface area contributed by atoms with E-state index in [9.17, 15) is 4.79 Å². The van der Waals surface area contributed by atoms with Crippen LogP contribution in [-0.4, -0.2) is 26.4 Å². The molecule has 0 atom stereocenters. The van der Waals surface area contributed by atoms with Gasteiger partial charge in [-0.3, -0.25) is 14.8 Å². The first-order chi connectivity index (χ1) is 13.9. The molecular weight excluding hydrogens is 360 g/mol. The summed E-state index contributed by atoms with van der Waals surface area (Å²) < 4.78 is 0. The smallest absolute Gasteiger partial charge is 0.253 e. The third-order valence-corrected chi connectivity index (χ3v) is 4.97. The predicted molar refractivity (Wildman–Crippen MR) is 117 cm³/mol. The summed E-state index contributed by atoms with van der Waals surface area (Å²) in [6.07, 6.45) is 3.51. The highest BCUT2D eigenvalue weighted by atomic mass is 16.1. The zero-order valence-corrected chi connectivity index (χ0v) is 16.5. The molecule has 0 saturated heterocycles. The van der Waals surface area contributed by atoms with Crippen molar-refractivity contribution in [1.29, 1.82) is 0 Å². The van der Waals surface area contributed by atoms with E-state index in [0.717, 1.165) is 32.6 Å². The second-order valence-corrected chi connectivity index (χ2v) is 8.26. The molecule has 0 unspecified atom stereocenters. The van der Waals surface area contributed by atoms with E-state index in [4.69, 9.17) is 4.98 Å². The molecule has 0 saturated carbocycles. The monoisotopic (exact) mass is 380 g/mol. The molecule has 29 heavy (non-hydrogen) atoms. The molecule has 0 fully saturated rings. The largest absolute Gasteiger partial charge is 0.347 e. The minimum Gasteiger partial charge on any atom is -0.347 e. The second-order valence-electron chi connectivity index (χ2n) is 8.26. The summed E-state index contributed by atoms with van der Waals surface area (Å²) in [5, 5.41) is 6.67. The first-order valence-corrected chi connectivity index (χ1v) is 9.60. The van der Waals surface area contributed by atoms with Crippen LogP contribution >= 0.6 is 0 Å². The average Bonchev–Trinajstić information content (AvgIpc) is 2.70. The minimum atomic E-state index is -0.358. The van der Waals surface area contributed by atoms with Crippen LogP contribution in [0.25, 0.3) is 43.6 Å². The maximum atomic E-state index is 13.4. The van der Waals surface area contributed by atoms with Gasteiger partial charge in [-0.15, -0.1) is 0 Å². The molecule has 0 radical (unpaired) electrons. The highest BCUT2D eigenvalue weighted by Gasteiger charge is 2.22. The first-order valence-electron chi connectivity index (χ1n) is 9.60. The molecule has 5 rings (SSSR count). The van der Waals surface area contributed by atoms with Gasteiger partial charge in [0, 0.05) is 39.5 Å². The number of aromatic nitrogens is 3. The van der Waals surface area contributed by atoms with E-state index >= 15 is 0 Å². The number of hydrogen-bond donors (Lipinski definition) is 1. The Morgan fingerprint density at radius 3 is 1.76 bits per heavy atom. The fourth-order valence-corrected chi connectivity index (χ4v) is 3.79. The minimum absolute atomic E-state index is 0.125. The Hall–Kier alpha value is -3.60. The second kappa shape index (κ2) is 6.21. The van der Waals surface area contributed by atoms with E-state index in [1.165, 1.54) is 0 Å². The highest BCUT2D eigenvalue weighted by molar-refractivity contribution is 6.23. The van der Waals surface area contributed by atoms with Crippen molar-refractivity contribution in [3.63, 3.8) is 0 Å². The van der Waals surface area contributed by atoms with Crippen LogP contribution in [0.15, 0.2) is 60.9 Å². The van der Waals surface area contributed by atoms with Gasteiger partial charge in [0.15, 0.2) is 0 Å². The van der Waals surface area contributed by atoms with Crippen LogP contribution in [0, 0.1) is 0 Å². The number of hydrogen-bond acceptors (Lipinski definition) is 4. The lowest BCUT2D eigenvalue weighted by atomic mass is 9.97. The summed E-state index contributed by atoms with van der Waals surface area (Å²) in [7, 11) is 0. The normalized spacial score (nSPS) is 12.1. The fourth-order valence-electron chi connectivity index (χ4n) is 3.79. The number of amides is 1. The number of carbonyl (C=O) groups excluding carboxylic acids is 1. The number of carbonyl (C=O) groups is 1. The van der Waals surface area contributed by atoms with E-state index < -0.39 is 0 Å². The van der Waals surface area contributed by atoms with Crippen molar-refractivity contribution in [2.24, 2.45) is 0 Å². The van der Waals surface area contributed by atoms with Gasteiger partial charge < -0.3 is 5.32 Å². The van der Waals surface area contributed by atoms with E-state index in [2.05, 4.69) is 15.3 Å². The van der Waals surface area contributed by atoms with Gasteiger partial charge in [-0.1, -0.05) is 36.4 Å². The molecule has 0 aliphatic rings. The van der Waals surface area contributed by atoms with Gasteiger partial charge in [-0.05, 0) is 32.9 Å². The van der Waals surface area contributed by atoms with Gasteiger partial charge in [0.25, 0.3) is 5.91 Å². The molecule has 0 spiro atoms. The van der Waals surface area contributed by atoms with Crippen molar-refractivity contribution in [3.05, 3.63) is 66.5 Å². The Labute approximate surface area is 167 Å². The number of pyridine rings is 3. The summed E-state index contributed by atoms with van der Waals surface area (Å²) >= 11 is 0. The number of nitrogens with one attached hydrogen (secondary N) is 1. The molecule has 0 aliphatic carbocycles. The molecule has 142 valence electrons. The van der Waals surface area contributed by atoms with Gasteiger partial charge in [0.05, 0.1) is 27.6 Å². The fraction of sp³-hybridized carbons (Fsp3) is 0.167. The van der Waals surface area contributed by atoms with E-state index in [1.807, 2.05) is 69.3 Å². The number of rotatable bonds is 1. The molecular formula is C24H20N4O. The Morgan fingerprint density at radius 1 is 0.759 bits per heavy atom. The molecule has 2 aromatic carbocycles. The van der Waals surface area contributed by atoms with Crippen LogP contribution in [0.5, 0.6) is 0 Å². The van der Waals surface area contributed by atoms with E-state index in [0.29, 0.717) is 16.6 Å². The molecule has 5 heteroatoms. The SMILES string of the molecule is CC(C)(C)NC(=O)c1c2ccc3cccnc3c2nc2c1ccc1cccnc12.